The van der Waals surface area contributed by atoms with Gasteiger partial charge in [-0.05, 0) is 36.4 Å². The first-order chi connectivity index (χ1) is 11.3. The number of nitrogens with zero attached hydrogens (tertiary/aromatic N) is 3. The van der Waals surface area contributed by atoms with Crippen LogP contribution in [0.3, 0.4) is 0 Å². The van der Waals surface area contributed by atoms with Crippen molar-refractivity contribution in [2.75, 3.05) is 12.8 Å². The molecule has 0 spiro atoms. The van der Waals surface area contributed by atoms with E-state index < -0.39 is 0 Å². The minimum absolute atomic E-state index is 0.399. The van der Waals surface area contributed by atoms with Crippen molar-refractivity contribution in [2.24, 2.45) is 0 Å². The third kappa shape index (κ3) is 2.31. The molecule has 0 aliphatic heterocycles. The highest BCUT2D eigenvalue weighted by Gasteiger charge is 2.18. The van der Waals surface area contributed by atoms with E-state index in [-0.39, 0.29) is 0 Å². The van der Waals surface area contributed by atoms with Crippen LogP contribution < -0.4 is 10.5 Å². The van der Waals surface area contributed by atoms with E-state index in [9.17, 15) is 0 Å². The number of methoxy groups -OCH3 is 1. The molecule has 0 radical (unpaired) electrons. The monoisotopic (exact) mass is 324 g/mol. The zero-order valence-corrected chi connectivity index (χ0v) is 13.0. The van der Waals surface area contributed by atoms with Gasteiger partial charge in [0.1, 0.15) is 15.5 Å². The van der Waals surface area contributed by atoms with Gasteiger partial charge in [-0.3, -0.25) is 0 Å². The Morgan fingerprint density at radius 3 is 2.74 bits per heavy atom. The zero-order chi connectivity index (χ0) is 15.8. The number of hydrogen-bond donors (Lipinski definition) is 1. The SMILES string of the molecule is COc1ccc(-c2noc(-c3sc4ncccc4c3N)n2)cc1. The maximum absolute atomic E-state index is 6.18. The van der Waals surface area contributed by atoms with Crippen molar-refractivity contribution in [2.45, 2.75) is 0 Å². The molecule has 0 fully saturated rings. The highest BCUT2D eigenvalue weighted by atomic mass is 32.1. The summed E-state index contributed by atoms with van der Waals surface area (Å²) in [4.78, 5) is 10.3. The Labute approximate surface area is 135 Å². The number of fused-ring (bicyclic) bond motifs is 1. The van der Waals surface area contributed by atoms with Gasteiger partial charge in [0.05, 0.1) is 12.8 Å². The van der Waals surface area contributed by atoms with Crippen molar-refractivity contribution in [3.05, 3.63) is 42.6 Å². The van der Waals surface area contributed by atoms with E-state index in [0.29, 0.717) is 17.4 Å². The number of ether oxygens (including phenoxy) is 1. The molecule has 0 atom stereocenters. The molecule has 23 heavy (non-hydrogen) atoms. The predicted molar refractivity (Wildman–Crippen MR) is 89.3 cm³/mol. The van der Waals surface area contributed by atoms with Crippen molar-refractivity contribution in [1.82, 2.24) is 15.1 Å². The third-order valence-electron chi connectivity index (χ3n) is 3.47. The van der Waals surface area contributed by atoms with Gasteiger partial charge < -0.3 is 15.0 Å². The predicted octanol–water partition coefficient (Wildman–Crippen LogP) is 3.60. The van der Waals surface area contributed by atoms with Gasteiger partial charge in [-0.15, -0.1) is 11.3 Å². The van der Waals surface area contributed by atoms with Crippen LogP contribution in [0.4, 0.5) is 5.69 Å². The Balaban J connectivity index is 1.75. The molecule has 0 amide bonds. The van der Waals surface area contributed by atoms with Gasteiger partial charge in [-0.2, -0.15) is 4.98 Å². The molecule has 4 aromatic rings. The van der Waals surface area contributed by atoms with E-state index in [2.05, 4.69) is 15.1 Å². The molecule has 0 unspecified atom stereocenters. The summed E-state index contributed by atoms with van der Waals surface area (Å²) in [6.45, 7) is 0. The summed E-state index contributed by atoms with van der Waals surface area (Å²) in [6.07, 6.45) is 1.73. The Kier molecular flexibility index (Phi) is 3.20. The van der Waals surface area contributed by atoms with Crippen LogP contribution in [0.2, 0.25) is 0 Å². The summed E-state index contributed by atoms with van der Waals surface area (Å²) in [5, 5.41) is 4.93. The quantitative estimate of drug-likeness (QED) is 0.619. The second-order valence-corrected chi connectivity index (χ2v) is 5.85. The summed E-state index contributed by atoms with van der Waals surface area (Å²) in [7, 11) is 1.62. The lowest BCUT2D eigenvalue weighted by atomic mass is 10.2. The van der Waals surface area contributed by atoms with Gasteiger partial charge in [0.2, 0.25) is 5.82 Å². The van der Waals surface area contributed by atoms with Crippen molar-refractivity contribution in [3.8, 4) is 27.9 Å². The van der Waals surface area contributed by atoms with Crippen molar-refractivity contribution >= 4 is 27.2 Å². The second-order valence-electron chi connectivity index (χ2n) is 4.85. The van der Waals surface area contributed by atoms with Crippen LogP contribution in [-0.4, -0.2) is 22.2 Å². The average molecular weight is 324 g/mol. The Hall–Kier alpha value is -2.93. The van der Waals surface area contributed by atoms with Crippen LogP contribution in [-0.2, 0) is 0 Å². The number of nitrogen functional groups attached to an aromatic ring is 1. The Morgan fingerprint density at radius 1 is 1.17 bits per heavy atom. The lowest BCUT2D eigenvalue weighted by Gasteiger charge is -1.98. The molecule has 0 aliphatic carbocycles. The largest absolute Gasteiger partial charge is 0.497 e. The number of aromatic nitrogens is 3. The standard InChI is InChI=1S/C16H12N4O2S/c1-21-10-6-4-9(5-7-10)14-19-15(22-20-14)13-12(17)11-3-2-8-18-16(11)23-13/h2-8H,17H2,1H3. The molecule has 6 nitrogen and oxygen atoms in total. The first-order valence-electron chi connectivity index (χ1n) is 6.88. The van der Waals surface area contributed by atoms with Gasteiger partial charge >= 0.3 is 0 Å². The molecule has 0 saturated carbocycles. The summed E-state index contributed by atoms with van der Waals surface area (Å²) < 4.78 is 10.5. The maximum Gasteiger partial charge on any atom is 0.270 e. The lowest BCUT2D eigenvalue weighted by Crippen LogP contribution is -1.86. The highest BCUT2D eigenvalue weighted by Crippen LogP contribution is 2.39. The van der Waals surface area contributed by atoms with E-state index in [0.717, 1.165) is 26.4 Å². The molecule has 114 valence electrons. The Bertz CT molecular complexity index is 975. The number of hydrogen-bond acceptors (Lipinski definition) is 7. The van der Waals surface area contributed by atoms with E-state index in [1.807, 2.05) is 36.4 Å². The second kappa shape index (κ2) is 5.36. The number of pyridine rings is 1. The van der Waals surface area contributed by atoms with Crippen molar-refractivity contribution in [3.63, 3.8) is 0 Å². The van der Waals surface area contributed by atoms with E-state index >= 15 is 0 Å². The van der Waals surface area contributed by atoms with Gasteiger partial charge in [0.25, 0.3) is 5.89 Å². The number of thiophene rings is 1. The van der Waals surface area contributed by atoms with Crippen LogP contribution in [0.15, 0.2) is 47.1 Å². The van der Waals surface area contributed by atoms with E-state index in [1.54, 1.807) is 13.3 Å². The first kappa shape index (κ1) is 13.7. The fourth-order valence-electron chi connectivity index (χ4n) is 2.28. The van der Waals surface area contributed by atoms with Crippen LogP contribution in [0.5, 0.6) is 5.75 Å². The molecule has 1 aromatic carbocycles. The zero-order valence-electron chi connectivity index (χ0n) is 12.2. The summed E-state index contributed by atoms with van der Waals surface area (Å²) in [5.74, 6) is 1.68. The summed E-state index contributed by atoms with van der Waals surface area (Å²) in [6, 6.07) is 11.2. The van der Waals surface area contributed by atoms with Crippen LogP contribution in [0.1, 0.15) is 0 Å². The first-order valence-corrected chi connectivity index (χ1v) is 7.69. The number of rotatable bonds is 3. The number of benzene rings is 1. The molecule has 7 heteroatoms. The molecule has 4 rings (SSSR count). The lowest BCUT2D eigenvalue weighted by molar-refractivity contribution is 0.415. The van der Waals surface area contributed by atoms with Crippen molar-refractivity contribution < 1.29 is 9.26 Å². The smallest absolute Gasteiger partial charge is 0.270 e. The minimum Gasteiger partial charge on any atom is -0.497 e. The topological polar surface area (TPSA) is 87.1 Å². The number of nitrogens with two attached hydrogens (primary N) is 1. The summed E-state index contributed by atoms with van der Waals surface area (Å²) in [5.41, 5.74) is 7.64. The molecule has 3 aromatic heterocycles. The van der Waals surface area contributed by atoms with Gasteiger partial charge in [-0.1, -0.05) is 5.16 Å². The molecule has 0 bridgehead atoms. The third-order valence-corrected chi connectivity index (χ3v) is 4.59. The van der Waals surface area contributed by atoms with Gasteiger partial charge in [0.15, 0.2) is 0 Å². The fourth-order valence-corrected chi connectivity index (χ4v) is 3.27. The molecule has 2 N–H and O–H groups in total. The van der Waals surface area contributed by atoms with Crippen LogP contribution in [0, 0.1) is 0 Å². The number of anilines is 1. The van der Waals surface area contributed by atoms with Gasteiger partial charge in [0, 0.05) is 17.1 Å². The maximum atomic E-state index is 6.18. The normalized spacial score (nSPS) is 11.0. The van der Waals surface area contributed by atoms with Crippen LogP contribution in [0.25, 0.3) is 32.4 Å². The molecule has 0 saturated heterocycles. The highest BCUT2D eigenvalue weighted by molar-refractivity contribution is 7.22. The summed E-state index contributed by atoms with van der Waals surface area (Å²) >= 11 is 1.44. The van der Waals surface area contributed by atoms with Crippen molar-refractivity contribution in [1.29, 1.82) is 0 Å². The van der Waals surface area contributed by atoms with E-state index in [1.165, 1.54) is 11.3 Å². The minimum atomic E-state index is 0.399. The molecular formula is C16H12N4O2S. The van der Waals surface area contributed by atoms with E-state index in [4.69, 9.17) is 15.0 Å². The average Bonchev–Trinajstić information content (AvgIpc) is 3.20. The Morgan fingerprint density at radius 2 is 2.00 bits per heavy atom. The van der Waals surface area contributed by atoms with Gasteiger partial charge in [-0.25, -0.2) is 4.98 Å². The molecule has 3 heterocycles. The molecule has 0 aliphatic rings. The fraction of sp³-hybridized carbons (Fsp3) is 0.0625. The van der Waals surface area contributed by atoms with Crippen LogP contribution >= 0.6 is 11.3 Å². The molecular weight excluding hydrogens is 312 g/mol.